The lowest BCUT2D eigenvalue weighted by atomic mass is 10.3. The maximum absolute atomic E-state index is 11.1. The van der Waals surface area contributed by atoms with E-state index < -0.39 is 20.6 Å². The predicted molar refractivity (Wildman–Crippen MR) is 70.4 cm³/mol. The second-order valence-corrected chi connectivity index (χ2v) is 10.3. The lowest BCUT2D eigenvalue weighted by molar-refractivity contribution is 0.342. The van der Waals surface area contributed by atoms with Crippen molar-refractivity contribution < 1.29 is 28.7 Å². The van der Waals surface area contributed by atoms with Gasteiger partial charge in [0, 0.05) is 0 Å². The van der Waals surface area contributed by atoms with Crippen molar-refractivity contribution in [1.29, 1.82) is 0 Å². The summed E-state index contributed by atoms with van der Waals surface area (Å²) in [5.74, 6) is 0.641. The fraction of sp³-hybridized carbons (Fsp3) is 1.00. The number of hydrogen-bond donors (Lipinski definition) is 4. The Hall–Kier alpha value is 0.650. The highest BCUT2D eigenvalue weighted by Gasteiger charge is 2.47. The van der Waals surface area contributed by atoms with Crippen molar-refractivity contribution in [3.05, 3.63) is 0 Å². The first kappa shape index (κ1) is 17.6. The normalized spacial score (nSPS) is 15.2. The maximum Gasteiger partial charge on any atom is 0.345 e. The molecule has 9 heteroatoms. The molecule has 0 rings (SSSR count). The van der Waals surface area contributed by atoms with Gasteiger partial charge in [0.25, 0.3) is 0 Å². The Morgan fingerprint density at radius 3 is 1.88 bits per heavy atom. The molecule has 0 aliphatic heterocycles. The molecule has 0 saturated carbocycles. The molecule has 6 nitrogen and oxygen atoms in total. The van der Waals surface area contributed by atoms with Crippen LogP contribution in [0.2, 0.25) is 0 Å². The van der Waals surface area contributed by atoms with Crippen LogP contribution in [0.25, 0.3) is 0 Å². The van der Waals surface area contributed by atoms with E-state index in [0.717, 1.165) is 25.0 Å². The Labute approximate surface area is 104 Å². The van der Waals surface area contributed by atoms with Crippen LogP contribution in [0, 0.1) is 0 Å². The molecular weight excluding hydrogens is 286 g/mol. The SMILES string of the molecule is CCCCC[S+](C)CC(P(=O)(O)O)P(=O)(O)O. The van der Waals surface area contributed by atoms with Gasteiger partial charge in [-0.25, -0.2) is 0 Å². The van der Waals surface area contributed by atoms with E-state index in [2.05, 4.69) is 0 Å². The van der Waals surface area contributed by atoms with Crippen molar-refractivity contribution in [1.82, 2.24) is 0 Å². The Bertz CT molecular complexity index is 289. The lowest BCUT2D eigenvalue weighted by Crippen LogP contribution is -2.23. The molecule has 0 bridgehead atoms. The Morgan fingerprint density at radius 1 is 1.06 bits per heavy atom. The minimum Gasteiger partial charge on any atom is -0.324 e. The zero-order chi connectivity index (χ0) is 13.7. The van der Waals surface area contributed by atoms with Crippen LogP contribution in [0.5, 0.6) is 0 Å². The van der Waals surface area contributed by atoms with Crippen LogP contribution in [0.1, 0.15) is 26.2 Å². The van der Waals surface area contributed by atoms with Crippen molar-refractivity contribution >= 4 is 26.1 Å². The highest BCUT2D eigenvalue weighted by Crippen LogP contribution is 2.60. The summed E-state index contributed by atoms with van der Waals surface area (Å²) in [6.07, 6.45) is 4.77. The van der Waals surface area contributed by atoms with E-state index >= 15 is 0 Å². The molecule has 0 aliphatic rings. The highest BCUT2D eigenvalue weighted by atomic mass is 32.2. The van der Waals surface area contributed by atoms with Gasteiger partial charge in [-0.2, -0.15) is 0 Å². The third-order valence-electron chi connectivity index (χ3n) is 2.31. The van der Waals surface area contributed by atoms with Crippen LogP contribution in [0.4, 0.5) is 0 Å². The minimum absolute atomic E-state index is 0.113. The second kappa shape index (κ2) is 7.29. The van der Waals surface area contributed by atoms with Crippen LogP contribution >= 0.6 is 15.2 Å². The first-order chi connectivity index (χ1) is 7.59. The molecule has 0 aromatic carbocycles. The van der Waals surface area contributed by atoms with E-state index in [4.69, 9.17) is 19.6 Å². The monoisotopic (exact) mass is 307 g/mol. The van der Waals surface area contributed by atoms with E-state index in [1.165, 1.54) is 0 Å². The minimum atomic E-state index is -4.75. The van der Waals surface area contributed by atoms with E-state index in [0.29, 0.717) is 0 Å². The maximum atomic E-state index is 11.1. The highest BCUT2D eigenvalue weighted by molar-refractivity contribution is 7.97. The fourth-order valence-electron chi connectivity index (χ4n) is 1.33. The molecule has 1 atom stereocenters. The Morgan fingerprint density at radius 2 is 1.53 bits per heavy atom. The van der Waals surface area contributed by atoms with Crippen LogP contribution in [-0.2, 0) is 20.0 Å². The summed E-state index contributed by atoms with van der Waals surface area (Å²) in [5, 5.41) is -1.84. The zero-order valence-corrected chi connectivity index (χ0v) is 12.6. The molecule has 0 radical (unpaired) electrons. The van der Waals surface area contributed by atoms with Gasteiger partial charge in [-0.15, -0.1) is 0 Å². The number of hydrogen-bond acceptors (Lipinski definition) is 2. The molecule has 4 N–H and O–H groups in total. The van der Waals surface area contributed by atoms with Crippen molar-refractivity contribution in [3.8, 4) is 0 Å². The van der Waals surface area contributed by atoms with Crippen molar-refractivity contribution in [2.45, 2.75) is 31.6 Å². The first-order valence-electron chi connectivity index (χ1n) is 5.28. The molecule has 0 aliphatic carbocycles. The molecule has 0 saturated heterocycles. The summed E-state index contributed by atoms with van der Waals surface area (Å²) in [7, 11) is -9.87. The molecule has 0 fully saturated rings. The van der Waals surface area contributed by atoms with Crippen LogP contribution in [0.15, 0.2) is 0 Å². The smallest absolute Gasteiger partial charge is 0.324 e. The van der Waals surface area contributed by atoms with Gasteiger partial charge in [-0.05, 0) is 23.7 Å². The topological polar surface area (TPSA) is 115 Å². The second-order valence-electron chi connectivity index (χ2n) is 4.02. The van der Waals surface area contributed by atoms with Gasteiger partial charge in [0.05, 0.1) is 6.26 Å². The molecule has 0 spiro atoms. The van der Waals surface area contributed by atoms with Crippen LogP contribution < -0.4 is 0 Å². The van der Waals surface area contributed by atoms with Crippen LogP contribution in [-0.4, -0.2) is 42.7 Å². The largest absolute Gasteiger partial charge is 0.345 e. The fourth-order valence-corrected chi connectivity index (χ4v) is 7.35. The van der Waals surface area contributed by atoms with Gasteiger partial charge >= 0.3 is 15.2 Å². The third kappa shape index (κ3) is 7.62. The first-order valence-corrected chi connectivity index (χ1v) is 10.6. The van der Waals surface area contributed by atoms with Gasteiger partial charge in [-0.3, -0.25) is 9.13 Å². The van der Waals surface area contributed by atoms with E-state index in [1.807, 2.05) is 6.92 Å². The summed E-state index contributed by atoms with van der Waals surface area (Å²) in [6, 6.07) is 0. The summed E-state index contributed by atoms with van der Waals surface area (Å²) in [6.45, 7) is 2.04. The standard InChI is InChI=1S/C8H20O6P2S/c1-3-4-5-6-17(2)7-8(15(9,10)11)16(12,13)14/h8H,3-7H2,1-2H3,(H3-,9,10,11,12,13,14)/p+1. The molecule has 0 amide bonds. The summed E-state index contributed by atoms with van der Waals surface area (Å²) in [5.41, 5.74) is 0. The summed E-state index contributed by atoms with van der Waals surface area (Å²) < 4.78 is 22.1. The molecule has 1 unspecified atom stereocenters. The molecule has 0 aromatic heterocycles. The number of unbranched alkanes of at least 4 members (excludes halogenated alkanes) is 2. The quantitative estimate of drug-likeness (QED) is 0.303. The molecule has 17 heavy (non-hydrogen) atoms. The van der Waals surface area contributed by atoms with Crippen molar-refractivity contribution in [2.75, 3.05) is 17.8 Å². The van der Waals surface area contributed by atoms with E-state index in [1.54, 1.807) is 6.26 Å². The number of rotatable bonds is 8. The van der Waals surface area contributed by atoms with E-state index in [-0.39, 0.29) is 16.6 Å². The van der Waals surface area contributed by atoms with Gasteiger partial charge in [0.15, 0.2) is 0 Å². The summed E-state index contributed by atoms with van der Waals surface area (Å²) in [4.78, 5) is 35.8. The van der Waals surface area contributed by atoms with Crippen LogP contribution in [0.3, 0.4) is 0 Å². The average Bonchev–Trinajstić information content (AvgIpc) is 2.11. The van der Waals surface area contributed by atoms with Crippen molar-refractivity contribution in [2.24, 2.45) is 0 Å². The third-order valence-corrected chi connectivity index (χ3v) is 8.41. The Kier molecular flexibility index (Phi) is 7.57. The predicted octanol–water partition coefficient (Wildman–Crippen LogP) is 1.11. The average molecular weight is 307 g/mol. The molecule has 104 valence electrons. The van der Waals surface area contributed by atoms with Gasteiger partial charge in [0.2, 0.25) is 5.40 Å². The van der Waals surface area contributed by atoms with Crippen molar-refractivity contribution in [3.63, 3.8) is 0 Å². The zero-order valence-electron chi connectivity index (χ0n) is 10.0. The van der Waals surface area contributed by atoms with Gasteiger partial charge in [0.1, 0.15) is 11.5 Å². The molecule has 0 heterocycles. The molecule has 0 aromatic rings. The van der Waals surface area contributed by atoms with E-state index in [9.17, 15) is 9.13 Å². The Balaban J connectivity index is 4.47. The summed E-state index contributed by atoms with van der Waals surface area (Å²) >= 11 is 0. The van der Waals surface area contributed by atoms with Gasteiger partial charge < -0.3 is 19.6 Å². The van der Waals surface area contributed by atoms with Gasteiger partial charge in [-0.1, -0.05) is 13.3 Å². The molecular formula is C8H21O6P2S+. The lowest BCUT2D eigenvalue weighted by Gasteiger charge is -2.18.